The van der Waals surface area contributed by atoms with Gasteiger partial charge in [-0.15, -0.1) is 0 Å². The molecular formula is C17H22N4. The maximum atomic E-state index is 5.98. The Morgan fingerprint density at radius 1 is 1.10 bits per heavy atom. The predicted molar refractivity (Wildman–Crippen MR) is 87.7 cm³/mol. The molecule has 110 valence electrons. The zero-order valence-corrected chi connectivity index (χ0v) is 12.5. The Labute approximate surface area is 125 Å². The van der Waals surface area contributed by atoms with Gasteiger partial charge >= 0.3 is 0 Å². The van der Waals surface area contributed by atoms with E-state index < -0.39 is 0 Å². The predicted octanol–water partition coefficient (Wildman–Crippen LogP) is 2.41. The first kappa shape index (κ1) is 12.9. The van der Waals surface area contributed by atoms with Gasteiger partial charge in [0.15, 0.2) is 0 Å². The average molecular weight is 282 g/mol. The molecule has 2 aromatic rings. The minimum atomic E-state index is 0.811. The molecular weight excluding hydrogens is 260 g/mol. The molecule has 1 aliphatic heterocycles. The fourth-order valence-corrected chi connectivity index (χ4v) is 3.38. The number of aryl methyl sites for hydroxylation is 1. The van der Waals surface area contributed by atoms with Crippen molar-refractivity contribution in [3.05, 3.63) is 30.0 Å². The highest BCUT2D eigenvalue weighted by molar-refractivity contribution is 5.94. The number of pyridine rings is 1. The van der Waals surface area contributed by atoms with Gasteiger partial charge in [-0.25, -0.2) is 0 Å². The Kier molecular flexibility index (Phi) is 3.00. The number of aromatic nitrogens is 1. The van der Waals surface area contributed by atoms with Crippen molar-refractivity contribution in [2.24, 2.45) is 0 Å². The summed E-state index contributed by atoms with van der Waals surface area (Å²) in [4.78, 5) is 9.77. The standard InChI is InChI=1S/C17H22N4/c1-12-10-17(15-11-13(18)2-5-16(15)19-12)21-8-6-20(7-9-21)14-3-4-14/h2,5,10-11,14H,3-4,6-9,18H2,1H3. The maximum Gasteiger partial charge on any atom is 0.0727 e. The summed E-state index contributed by atoms with van der Waals surface area (Å²) >= 11 is 0. The lowest BCUT2D eigenvalue weighted by atomic mass is 10.1. The molecule has 1 saturated heterocycles. The Morgan fingerprint density at radius 2 is 1.86 bits per heavy atom. The van der Waals surface area contributed by atoms with E-state index in [-0.39, 0.29) is 0 Å². The molecule has 4 heteroatoms. The van der Waals surface area contributed by atoms with E-state index in [2.05, 4.69) is 33.8 Å². The lowest BCUT2D eigenvalue weighted by Gasteiger charge is -2.36. The van der Waals surface area contributed by atoms with E-state index in [1.807, 2.05) is 12.1 Å². The molecule has 0 bridgehead atoms. The molecule has 2 heterocycles. The van der Waals surface area contributed by atoms with Crippen LogP contribution in [0, 0.1) is 6.92 Å². The van der Waals surface area contributed by atoms with Crippen LogP contribution >= 0.6 is 0 Å². The van der Waals surface area contributed by atoms with Crippen molar-refractivity contribution in [2.45, 2.75) is 25.8 Å². The van der Waals surface area contributed by atoms with E-state index in [1.165, 1.54) is 37.0 Å². The summed E-state index contributed by atoms with van der Waals surface area (Å²) in [5, 5.41) is 1.18. The average Bonchev–Trinajstić information content (AvgIpc) is 3.32. The summed E-state index contributed by atoms with van der Waals surface area (Å²) < 4.78 is 0. The van der Waals surface area contributed by atoms with Crippen LogP contribution in [-0.2, 0) is 0 Å². The van der Waals surface area contributed by atoms with Gasteiger partial charge in [-0.1, -0.05) is 0 Å². The van der Waals surface area contributed by atoms with Crippen molar-refractivity contribution < 1.29 is 0 Å². The molecule has 1 saturated carbocycles. The van der Waals surface area contributed by atoms with Crippen molar-refractivity contribution in [1.82, 2.24) is 9.88 Å². The SMILES string of the molecule is Cc1cc(N2CCN(C3CC3)CC2)c2cc(N)ccc2n1. The number of anilines is 2. The Hall–Kier alpha value is -1.81. The molecule has 1 aliphatic carbocycles. The summed E-state index contributed by atoms with van der Waals surface area (Å²) in [5.41, 5.74) is 10.2. The quantitative estimate of drug-likeness (QED) is 0.859. The number of nitrogen functional groups attached to an aromatic ring is 1. The second-order valence-corrected chi connectivity index (χ2v) is 6.31. The summed E-state index contributed by atoms with van der Waals surface area (Å²) in [6, 6.07) is 9.10. The van der Waals surface area contributed by atoms with Crippen molar-refractivity contribution in [2.75, 3.05) is 36.8 Å². The van der Waals surface area contributed by atoms with Crippen molar-refractivity contribution in [1.29, 1.82) is 0 Å². The molecule has 4 rings (SSSR count). The van der Waals surface area contributed by atoms with Crippen LogP contribution in [0.4, 0.5) is 11.4 Å². The van der Waals surface area contributed by atoms with E-state index in [1.54, 1.807) is 0 Å². The Bertz CT molecular complexity index is 670. The van der Waals surface area contributed by atoms with Crippen LogP contribution in [0.1, 0.15) is 18.5 Å². The minimum absolute atomic E-state index is 0.811. The van der Waals surface area contributed by atoms with Gasteiger partial charge in [0.25, 0.3) is 0 Å². The van der Waals surface area contributed by atoms with Gasteiger partial charge in [-0.05, 0) is 44.0 Å². The van der Waals surface area contributed by atoms with Crippen molar-refractivity contribution >= 4 is 22.3 Å². The minimum Gasteiger partial charge on any atom is -0.399 e. The van der Waals surface area contributed by atoms with Gasteiger partial charge in [-0.3, -0.25) is 9.88 Å². The third-order valence-corrected chi connectivity index (χ3v) is 4.66. The molecule has 4 nitrogen and oxygen atoms in total. The Balaban J connectivity index is 1.67. The fraction of sp³-hybridized carbons (Fsp3) is 0.471. The molecule has 2 fully saturated rings. The summed E-state index contributed by atoms with van der Waals surface area (Å²) in [7, 11) is 0. The number of hydrogen-bond acceptors (Lipinski definition) is 4. The number of benzene rings is 1. The zero-order valence-electron chi connectivity index (χ0n) is 12.5. The first-order valence-electron chi connectivity index (χ1n) is 7.86. The van der Waals surface area contributed by atoms with Gasteiger partial charge < -0.3 is 10.6 Å². The molecule has 0 unspecified atom stereocenters. The smallest absolute Gasteiger partial charge is 0.0727 e. The highest BCUT2D eigenvalue weighted by atomic mass is 15.3. The molecule has 1 aromatic heterocycles. The van der Waals surface area contributed by atoms with E-state index in [9.17, 15) is 0 Å². The van der Waals surface area contributed by atoms with E-state index in [0.29, 0.717) is 0 Å². The number of hydrogen-bond donors (Lipinski definition) is 1. The van der Waals surface area contributed by atoms with Crippen LogP contribution in [0.5, 0.6) is 0 Å². The van der Waals surface area contributed by atoms with Gasteiger partial charge in [0.1, 0.15) is 0 Å². The summed E-state index contributed by atoms with van der Waals surface area (Å²) in [5.74, 6) is 0. The second-order valence-electron chi connectivity index (χ2n) is 6.31. The van der Waals surface area contributed by atoms with Crippen LogP contribution in [0.25, 0.3) is 10.9 Å². The number of piperazine rings is 1. The van der Waals surface area contributed by atoms with Gasteiger partial charge in [0.05, 0.1) is 5.52 Å². The van der Waals surface area contributed by atoms with Crippen molar-refractivity contribution in [3.8, 4) is 0 Å². The van der Waals surface area contributed by atoms with E-state index in [4.69, 9.17) is 5.73 Å². The van der Waals surface area contributed by atoms with E-state index >= 15 is 0 Å². The van der Waals surface area contributed by atoms with Gasteiger partial charge in [0.2, 0.25) is 0 Å². The second kappa shape index (κ2) is 4.88. The summed E-state index contributed by atoms with van der Waals surface area (Å²) in [6.45, 7) is 6.62. The lowest BCUT2D eigenvalue weighted by molar-refractivity contribution is 0.248. The normalized spacial score (nSPS) is 20.1. The molecule has 0 atom stereocenters. The summed E-state index contributed by atoms with van der Waals surface area (Å²) in [6.07, 6.45) is 2.79. The van der Waals surface area contributed by atoms with Gasteiger partial charge in [-0.2, -0.15) is 0 Å². The van der Waals surface area contributed by atoms with Crippen LogP contribution in [0.2, 0.25) is 0 Å². The molecule has 0 spiro atoms. The van der Waals surface area contributed by atoms with Crippen LogP contribution in [0.15, 0.2) is 24.3 Å². The molecule has 2 N–H and O–H groups in total. The molecule has 1 aromatic carbocycles. The first-order chi connectivity index (χ1) is 10.2. The first-order valence-corrected chi connectivity index (χ1v) is 7.86. The van der Waals surface area contributed by atoms with Gasteiger partial charge in [0, 0.05) is 54.7 Å². The Morgan fingerprint density at radius 3 is 2.57 bits per heavy atom. The zero-order chi connectivity index (χ0) is 14.4. The fourth-order valence-electron chi connectivity index (χ4n) is 3.38. The number of fused-ring (bicyclic) bond motifs is 1. The number of rotatable bonds is 2. The van der Waals surface area contributed by atoms with Crippen LogP contribution in [0.3, 0.4) is 0 Å². The third kappa shape index (κ3) is 2.44. The molecule has 2 aliphatic rings. The number of nitrogens with two attached hydrogens (primary N) is 1. The topological polar surface area (TPSA) is 45.4 Å². The largest absolute Gasteiger partial charge is 0.399 e. The molecule has 0 radical (unpaired) electrons. The van der Waals surface area contributed by atoms with E-state index in [0.717, 1.165) is 36.0 Å². The number of nitrogens with zero attached hydrogens (tertiary/aromatic N) is 3. The van der Waals surface area contributed by atoms with Crippen LogP contribution in [-0.4, -0.2) is 42.1 Å². The monoisotopic (exact) mass is 282 g/mol. The third-order valence-electron chi connectivity index (χ3n) is 4.66. The highest BCUT2D eigenvalue weighted by Gasteiger charge is 2.31. The van der Waals surface area contributed by atoms with Crippen molar-refractivity contribution in [3.63, 3.8) is 0 Å². The highest BCUT2D eigenvalue weighted by Crippen LogP contribution is 2.32. The van der Waals surface area contributed by atoms with Crippen LogP contribution < -0.4 is 10.6 Å². The molecule has 0 amide bonds. The molecule has 21 heavy (non-hydrogen) atoms. The maximum absolute atomic E-state index is 5.98. The lowest BCUT2D eigenvalue weighted by Crippen LogP contribution is -2.47.